The first-order valence-electron chi connectivity index (χ1n) is 6.56. The zero-order valence-corrected chi connectivity index (χ0v) is 14.8. The third-order valence-electron chi connectivity index (χ3n) is 3.36. The molecular weight excluding hydrogens is 388 g/mol. The maximum atomic E-state index is 12.3. The summed E-state index contributed by atoms with van der Waals surface area (Å²) >= 11 is 6.84. The van der Waals surface area contributed by atoms with Crippen molar-refractivity contribution < 1.29 is 9.53 Å². The summed E-state index contributed by atoms with van der Waals surface area (Å²) in [5.74, 6) is 0.732. The number of nitrogens with zero attached hydrogens (tertiary/aromatic N) is 2. The Balaban J connectivity index is 1.97. The van der Waals surface area contributed by atoms with E-state index in [1.807, 2.05) is 23.1 Å². The highest BCUT2D eigenvalue weighted by molar-refractivity contribution is 9.11. The molecule has 1 unspecified atom stereocenters. The molecule has 1 aromatic carbocycles. The second-order valence-corrected chi connectivity index (χ2v) is 6.73. The van der Waals surface area contributed by atoms with Gasteiger partial charge in [0.05, 0.1) is 4.47 Å². The van der Waals surface area contributed by atoms with Gasteiger partial charge in [-0.15, -0.1) is 0 Å². The normalized spacial score (nSPS) is 17.9. The molecule has 110 valence electrons. The highest BCUT2D eigenvalue weighted by atomic mass is 79.9. The van der Waals surface area contributed by atoms with E-state index in [1.54, 1.807) is 6.92 Å². The van der Waals surface area contributed by atoms with Gasteiger partial charge < -0.3 is 14.5 Å². The van der Waals surface area contributed by atoms with Crippen LogP contribution in [0.15, 0.2) is 27.1 Å². The molecular formula is C14H18Br2N2O2. The fourth-order valence-electron chi connectivity index (χ4n) is 2.10. The van der Waals surface area contributed by atoms with Crippen LogP contribution in [0.2, 0.25) is 0 Å². The molecule has 1 aliphatic heterocycles. The van der Waals surface area contributed by atoms with Crippen molar-refractivity contribution in [2.75, 3.05) is 33.2 Å². The minimum absolute atomic E-state index is 0.0490. The number of amides is 1. The van der Waals surface area contributed by atoms with Crippen molar-refractivity contribution in [3.63, 3.8) is 0 Å². The largest absolute Gasteiger partial charge is 0.480 e. The summed E-state index contributed by atoms with van der Waals surface area (Å²) in [6.07, 6.45) is -0.476. The summed E-state index contributed by atoms with van der Waals surface area (Å²) in [5, 5.41) is 0. The number of hydrogen-bond acceptors (Lipinski definition) is 3. The number of hydrogen-bond donors (Lipinski definition) is 0. The van der Waals surface area contributed by atoms with Gasteiger partial charge in [0, 0.05) is 30.7 Å². The van der Waals surface area contributed by atoms with Gasteiger partial charge in [-0.25, -0.2) is 0 Å². The van der Waals surface area contributed by atoms with E-state index in [4.69, 9.17) is 4.74 Å². The summed E-state index contributed by atoms with van der Waals surface area (Å²) in [6.45, 7) is 5.17. The van der Waals surface area contributed by atoms with Crippen LogP contribution in [0.3, 0.4) is 0 Å². The fraction of sp³-hybridized carbons (Fsp3) is 0.500. The molecule has 20 heavy (non-hydrogen) atoms. The van der Waals surface area contributed by atoms with E-state index in [9.17, 15) is 4.79 Å². The lowest BCUT2D eigenvalue weighted by molar-refractivity contribution is -0.139. The standard InChI is InChI=1S/C14H18Br2N2O2/c1-10(14(19)18-7-5-17(2)6-8-18)20-13-4-3-11(15)9-12(13)16/h3-4,9-10H,5-8H2,1-2H3. The van der Waals surface area contributed by atoms with Gasteiger partial charge in [-0.2, -0.15) is 0 Å². The first-order valence-corrected chi connectivity index (χ1v) is 8.15. The molecule has 6 heteroatoms. The van der Waals surface area contributed by atoms with E-state index >= 15 is 0 Å². The number of ether oxygens (including phenoxy) is 1. The number of carbonyl (C=O) groups excluding carboxylic acids is 1. The van der Waals surface area contributed by atoms with E-state index in [-0.39, 0.29) is 5.91 Å². The predicted octanol–water partition coefficient (Wildman–Crippen LogP) is 2.75. The van der Waals surface area contributed by atoms with Gasteiger partial charge in [-0.1, -0.05) is 15.9 Å². The Morgan fingerprint density at radius 1 is 1.25 bits per heavy atom. The van der Waals surface area contributed by atoms with Crippen LogP contribution >= 0.6 is 31.9 Å². The molecule has 0 spiro atoms. The van der Waals surface area contributed by atoms with Gasteiger partial charge >= 0.3 is 0 Å². The smallest absolute Gasteiger partial charge is 0.263 e. The van der Waals surface area contributed by atoms with Crippen molar-refractivity contribution in [1.29, 1.82) is 0 Å². The predicted molar refractivity (Wildman–Crippen MR) is 86.0 cm³/mol. The minimum atomic E-state index is -0.476. The molecule has 0 bridgehead atoms. The molecule has 1 fully saturated rings. The molecule has 0 aliphatic carbocycles. The average Bonchev–Trinajstić information content (AvgIpc) is 2.42. The molecule has 0 N–H and O–H groups in total. The van der Waals surface area contributed by atoms with Crippen molar-refractivity contribution in [2.45, 2.75) is 13.0 Å². The number of rotatable bonds is 3. The van der Waals surface area contributed by atoms with Crippen LogP contribution in [0, 0.1) is 0 Å². The van der Waals surface area contributed by atoms with Crippen LogP contribution < -0.4 is 4.74 Å². The van der Waals surface area contributed by atoms with E-state index in [0.29, 0.717) is 5.75 Å². The van der Waals surface area contributed by atoms with E-state index in [2.05, 4.69) is 43.8 Å². The van der Waals surface area contributed by atoms with Crippen LogP contribution in [-0.2, 0) is 4.79 Å². The third-order valence-corrected chi connectivity index (χ3v) is 4.47. The fourth-order valence-corrected chi connectivity index (χ4v) is 3.24. The number of piperazine rings is 1. The highest BCUT2D eigenvalue weighted by Gasteiger charge is 2.25. The van der Waals surface area contributed by atoms with Crippen LogP contribution in [0.25, 0.3) is 0 Å². The Hall–Kier alpha value is -0.590. The van der Waals surface area contributed by atoms with Crippen molar-refractivity contribution in [2.24, 2.45) is 0 Å². The van der Waals surface area contributed by atoms with Gasteiger partial charge in [0.15, 0.2) is 6.10 Å². The lowest BCUT2D eigenvalue weighted by Gasteiger charge is -2.33. The third kappa shape index (κ3) is 3.96. The Kier molecular flexibility index (Phi) is 5.46. The molecule has 0 aromatic heterocycles. The molecule has 1 aliphatic rings. The van der Waals surface area contributed by atoms with Crippen LogP contribution in [0.4, 0.5) is 0 Å². The second kappa shape index (κ2) is 6.91. The van der Waals surface area contributed by atoms with Crippen molar-refractivity contribution >= 4 is 37.8 Å². The second-order valence-electron chi connectivity index (χ2n) is 4.96. The van der Waals surface area contributed by atoms with Crippen LogP contribution in [0.5, 0.6) is 5.75 Å². The number of halogens is 2. The van der Waals surface area contributed by atoms with Crippen LogP contribution in [-0.4, -0.2) is 55.0 Å². The molecule has 1 atom stereocenters. The molecule has 0 saturated carbocycles. The molecule has 1 aromatic rings. The summed E-state index contributed by atoms with van der Waals surface area (Å²) in [4.78, 5) is 16.4. The Morgan fingerprint density at radius 2 is 1.90 bits per heavy atom. The van der Waals surface area contributed by atoms with Gasteiger partial charge in [0.25, 0.3) is 5.91 Å². The van der Waals surface area contributed by atoms with Gasteiger partial charge in [0.1, 0.15) is 5.75 Å². The first kappa shape index (κ1) is 15.8. The number of carbonyl (C=O) groups is 1. The molecule has 0 radical (unpaired) electrons. The average molecular weight is 406 g/mol. The zero-order chi connectivity index (χ0) is 14.7. The first-order chi connectivity index (χ1) is 9.47. The Labute approximate surface area is 136 Å². The van der Waals surface area contributed by atoms with Gasteiger partial charge in [-0.3, -0.25) is 4.79 Å². The monoisotopic (exact) mass is 404 g/mol. The number of benzene rings is 1. The van der Waals surface area contributed by atoms with E-state index in [0.717, 1.165) is 35.1 Å². The van der Waals surface area contributed by atoms with Crippen molar-refractivity contribution in [3.05, 3.63) is 27.1 Å². The summed E-state index contributed by atoms with van der Waals surface area (Å²) in [7, 11) is 2.07. The SMILES string of the molecule is CC(Oc1ccc(Br)cc1Br)C(=O)N1CCN(C)CC1. The zero-order valence-electron chi connectivity index (χ0n) is 11.6. The lowest BCUT2D eigenvalue weighted by atomic mass is 10.2. The van der Waals surface area contributed by atoms with Crippen molar-refractivity contribution in [1.82, 2.24) is 9.80 Å². The molecule has 1 heterocycles. The number of likely N-dealkylation sites (N-methyl/N-ethyl adjacent to an activating group) is 1. The van der Waals surface area contributed by atoms with Gasteiger partial charge in [0.2, 0.25) is 0 Å². The summed E-state index contributed by atoms with van der Waals surface area (Å²) < 4.78 is 7.57. The quantitative estimate of drug-likeness (QED) is 0.775. The summed E-state index contributed by atoms with van der Waals surface area (Å²) in [5.41, 5.74) is 0. The topological polar surface area (TPSA) is 32.8 Å². The van der Waals surface area contributed by atoms with Crippen LogP contribution in [0.1, 0.15) is 6.92 Å². The van der Waals surface area contributed by atoms with Gasteiger partial charge in [-0.05, 0) is 48.1 Å². The maximum absolute atomic E-state index is 12.3. The lowest BCUT2D eigenvalue weighted by Crippen LogP contribution is -2.50. The Bertz CT molecular complexity index is 488. The molecule has 1 saturated heterocycles. The van der Waals surface area contributed by atoms with E-state index in [1.165, 1.54) is 0 Å². The molecule has 2 rings (SSSR count). The maximum Gasteiger partial charge on any atom is 0.263 e. The Morgan fingerprint density at radius 3 is 2.50 bits per heavy atom. The van der Waals surface area contributed by atoms with Crippen molar-refractivity contribution in [3.8, 4) is 5.75 Å². The minimum Gasteiger partial charge on any atom is -0.480 e. The highest BCUT2D eigenvalue weighted by Crippen LogP contribution is 2.29. The summed E-state index contributed by atoms with van der Waals surface area (Å²) in [6, 6.07) is 5.65. The molecule has 1 amide bonds. The van der Waals surface area contributed by atoms with E-state index < -0.39 is 6.10 Å². The molecule has 4 nitrogen and oxygen atoms in total.